The van der Waals surface area contributed by atoms with E-state index in [4.69, 9.17) is 11.6 Å². The van der Waals surface area contributed by atoms with E-state index in [0.717, 1.165) is 29.2 Å². The number of rotatable bonds is 6. The molecule has 16 heteroatoms. The van der Waals surface area contributed by atoms with Gasteiger partial charge in [0.25, 0.3) is 5.91 Å². The van der Waals surface area contributed by atoms with Gasteiger partial charge >= 0.3 is 12.4 Å². The molecule has 230 valence electrons. The number of benzene rings is 3. The van der Waals surface area contributed by atoms with Crippen LogP contribution in [0.1, 0.15) is 45.7 Å². The fourth-order valence-electron chi connectivity index (χ4n) is 4.11. The highest BCUT2D eigenvalue weighted by atomic mass is 79.9. The van der Waals surface area contributed by atoms with E-state index < -0.39 is 76.8 Å². The van der Waals surface area contributed by atoms with Crippen LogP contribution in [0.25, 0.3) is 0 Å². The van der Waals surface area contributed by atoms with Crippen LogP contribution in [0.15, 0.2) is 46.9 Å². The van der Waals surface area contributed by atoms with E-state index in [2.05, 4.69) is 21.2 Å². The topological polar surface area (TPSA) is 69.7 Å². The highest BCUT2D eigenvalue weighted by molar-refractivity contribution is 9.10. The minimum Gasteiger partial charge on any atom is -0.342 e. The second-order valence-electron chi connectivity index (χ2n) is 8.64. The first-order chi connectivity index (χ1) is 20.0. The number of carbonyl (C=O) groups excluding carboxylic acids is 3. The molecule has 0 saturated carbocycles. The number of nitrogens with one attached hydrogen (secondary N) is 1. The molecule has 0 fully saturated rings. The van der Waals surface area contributed by atoms with Crippen LogP contribution in [0.4, 0.5) is 52.2 Å². The van der Waals surface area contributed by atoms with Gasteiger partial charge in [0.2, 0.25) is 6.41 Å². The van der Waals surface area contributed by atoms with Crippen LogP contribution >= 0.6 is 27.5 Å². The Kier molecular flexibility index (Phi) is 10.1. The Hall–Kier alpha value is -3.72. The number of carbonyl (C=O) groups is 3. The first kappa shape index (κ1) is 33.8. The van der Waals surface area contributed by atoms with Crippen molar-refractivity contribution in [2.24, 2.45) is 0 Å². The maximum absolute atomic E-state index is 14.0. The zero-order valence-electron chi connectivity index (χ0n) is 21.9. The third kappa shape index (κ3) is 7.44. The van der Waals surface area contributed by atoms with E-state index in [9.17, 15) is 49.5 Å². The van der Waals surface area contributed by atoms with Gasteiger partial charge in [0.05, 0.1) is 44.4 Å². The molecule has 4 rings (SSSR count). The zero-order chi connectivity index (χ0) is 32.4. The second-order valence-corrected chi connectivity index (χ2v) is 9.84. The number of alkyl halides is 6. The zero-order valence-corrected chi connectivity index (χ0v) is 24.3. The van der Waals surface area contributed by atoms with Crippen molar-refractivity contribution in [3.8, 4) is 0 Å². The summed E-state index contributed by atoms with van der Waals surface area (Å²) >= 11 is 9.14. The highest BCUT2D eigenvalue weighted by Crippen LogP contribution is 2.48. The Balaban J connectivity index is 0.00000248. The molecule has 6 nitrogen and oxygen atoms in total. The van der Waals surface area contributed by atoms with E-state index in [0.29, 0.717) is 17.0 Å². The van der Waals surface area contributed by atoms with Crippen LogP contribution in [0, 0.1) is 11.6 Å². The summed E-state index contributed by atoms with van der Waals surface area (Å²) in [6.07, 6.45) is -9.60. The SMILES string of the molecule is CC.O=CN1CN(CC(F)(F)F)c2cc(NC(=O)c3cc(F)cc(C(F)(F)F)c3)c(C(=O)c3cc(F)ccc3Cl)c(Br)c21. The molecule has 2 amide bonds. The van der Waals surface area contributed by atoms with E-state index in [1.807, 2.05) is 13.8 Å². The number of fused-ring (bicyclic) bond motifs is 1. The van der Waals surface area contributed by atoms with Gasteiger partial charge in [-0.3, -0.25) is 19.3 Å². The van der Waals surface area contributed by atoms with Gasteiger partial charge in [-0.1, -0.05) is 25.4 Å². The molecule has 0 unspecified atom stereocenters. The summed E-state index contributed by atoms with van der Waals surface area (Å²) in [5.41, 5.74) is -4.38. The summed E-state index contributed by atoms with van der Waals surface area (Å²) < 4.78 is 107. The van der Waals surface area contributed by atoms with E-state index in [1.54, 1.807) is 0 Å². The minimum atomic E-state index is -5.03. The standard InChI is InChI=1S/C25H13BrClF8N3O3.C2H6/c26-20-19(22(40)15-6-13(28)1-2-16(15)27)17(7-18-21(20)38(10-39)9-37(18)8-24(30,31)32)36-23(41)11-3-12(25(33,34)35)5-14(29)4-11;1-2/h1-7,10H,8-9H2,(H,36,41);1-2H3. The molecular weight excluding hydrogens is 682 g/mol. The normalized spacial score (nSPS) is 12.8. The number of halogens is 10. The maximum Gasteiger partial charge on any atom is 0.416 e. The smallest absolute Gasteiger partial charge is 0.342 e. The first-order valence-corrected chi connectivity index (χ1v) is 13.3. The number of nitrogens with zero attached hydrogens (tertiary/aromatic N) is 2. The molecule has 0 radical (unpaired) electrons. The number of ketones is 1. The molecular formula is C27H19BrClF8N3O3. The molecule has 0 bridgehead atoms. The third-order valence-corrected chi connectivity index (χ3v) is 6.91. The van der Waals surface area contributed by atoms with Crippen LogP contribution in [-0.4, -0.2) is 37.5 Å². The van der Waals surface area contributed by atoms with Gasteiger partial charge in [0.1, 0.15) is 18.2 Å². The van der Waals surface area contributed by atoms with Gasteiger partial charge in [0, 0.05) is 11.1 Å². The molecule has 0 spiro atoms. The third-order valence-electron chi connectivity index (χ3n) is 5.80. The quantitative estimate of drug-likeness (QED) is 0.160. The van der Waals surface area contributed by atoms with Crippen LogP contribution in [0.3, 0.4) is 0 Å². The Bertz CT molecular complexity index is 1580. The molecule has 0 aliphatic carbocycles. The number of anilines is 3. The van der Waals surface area contributed by atoms with Gasteiger partial charge in [-0.05, 0) is 58.4 Å². The Labute approximate surface area is 252 Å². The molecule has 1 aliphatic heterocycles. The van der Waals surface area contributed by atoms with Gasteiger partial charge in [-0.15, -0.1) is 0 Å². The van der Waals surface area contributed by atoms with Crippen LogP contribution in [-0.2, 0) is 11.0 Å². The Morgan fingerprint density at radius 2 is 1.65 bits per heavy atom. The van der Waals surface area contributed by atoms with Crippen LogP contribution < -0.4 is 15.1 Å². The van der Waals surface area contributed by atoms with Crippen molar-refractivity contribution in [1.29, 1.82) is 0 Å². The van der Waals surface area contributed by atoms with Crippen molar-refractivity contribution in [3.05, 3.63) is 85.8 Å². The summed E-state index contributed by atoms with van der Waals surface area (Å²) in [6.45, 7) is 1.81. The van der Waals surface area contributed by atoms with E-state index in [-0.39, 0.29) is 33.3 Å². The molecule has 0 saturated heterocycles. The maximum atomic E-state index is 14.0. The fraction of sp³-hybridized carbons (Fsp3) is 0.222. The van der Waals surface area contributed by atoms with Crippen molar-refractivity contribution in [2.45, 2.75) is 26.2 Å². The Morgan fingerprint density at radius 3 is 2.23 bits per heavy atom. The largest absolute Gasteiger partial charge is 0.416 e. The van der Waals surface area contributed by atoms with Crippen LogP contribution in [0.5, 0.6) is 0 Å². The number of amides is 2. The monoisotopic (exact) mass is 699 g/mol. The molecule has 3 aromatic carbocycles. The minimum absolute atomic E-state index is 0.146. The Morgan fingerprint density at radius 1 is 1.00 bits per heavy atom. The first-order valence-electron chi connectivity index (χ1n) is 12.1. The predicted octanol–water partition coefficient (Wildman–Crippen LogP) is 8.21. The molecule has 43 heavy (non-hydrogen) atoms. The molecule has 0 aromatic heterocycles. The molecule has 1 aliphatic rings. The second kappa shape index (κ2) is 12.9. The lowest BCUT2D eigenvalue weighted by atomic mass is 9.99. The number of hydrogen-bond donors (Lipinski definition) is 1. The summed E-state index contributed by atoms with van der Waals surface area (Å²) in [7, 11) is 0. The van der Waals surface area contributed by atoms with Gasteiger partial charge in [-0.2, -0.15) is 26.3 Å². The summed E-state index contributed by atoms with van der Waals surface area (Å²) in [6, 6.07) is 4.55. The van der Waals surface area contributed by atoms with Crippen molar-refractivity contribution < 1.29 is 49.5 Å². The fourth-order valence-corrected chi connectivity index (χ4v) is 5.14. The molecule has 1 N–H and O–H groups in total. The van der Waals surface area contributed by atoms with Crippen molar-refractivity contribution in [3.63, 3.8) is 0 Å². The molecule has 1 heterocycles. The van der Waals surface area contributed by atoms with Gasteiger partial charge < -0.3 is 10.2 Å². The number of hydrogen-bond acceptors (Lipinski definition) is 4. The molecule has 3 aromatic rings. The van der Waals surface area contributed by atoms with E-state index >= 15 is 0 Å². The van der Waals surface area contributed by atoms with Crippen molar-refractivity contribution in [1.82, 2.24) is 0 Å². The lowest BCUT2D eigenvalue weighted by Crippen LogP contribution is -2.37. The van der Waals surface area contributed by atoms with Gasteiger partial charge in [0.15, 0.2) is 5.78 Å². The van der Waals surface area contributed by atoms with E-state index in [1.165, 1.54) is 0 Å². The van der Waals surface area contributed by atoms with Gasteiger partial charge in [-0.25, -0.2) is 8.78 Å². The average Bonchev–Trinajstić information content (AvgIpc) is 3.26. The van der Waals surface area contributed by atoms with Crippen molar-refractivity contribution >= 4 is 62.7 Å². The highest BCUT2D eigenvalue weighted by Gasteiger charge is 2.39. The molecule has 0 atom stereocenters. The average molecular weight is 701 g/mol. The summed E-state index contributed by atoms with van der Waals surface area (Å²) in [5, 5.41) is 1.87. The van der Waals surface area contributed by atoms with Crippen LogP contribution in [0.2, 0.25) is 5.02 Å². The lowest BCUT2D eigenvalue weighted by Gasteiger charge is -2.22. The van der Waals surface area contributed by atoms with Crippen molar-refractivity contribution in [2.75, 3.05) is 28.3 Å². The lowest BCUT2D eigenvalue weighted by molar-refractivity contribution is -0.137. The summed E-state index contributed by atoms with van der Waals surface area (Å²) in [5.74, 6) is -4.75. The summed E-state index contributed by atoms with van der Waals surface area (Å²) in [4.78, 5) is 39.8. The predicted molar refractivity (Wildman–Crippen MR) is 146 cm³/mol.